The molecule has 1 aromatic carbocycles. The molecule has 0 atom stereocenters. The van der Waals surface area contributed by atoms with Crippen LogP contribution in [-0.4, -0.2) is 55.1 Å². The Hall–Kier alpha value is -3.03. The van der Waals surface area contributed by atoms with Crippen LogP contribution in [0.5, 0.6) is 0 Å². The fourth-order valence-corrected chi connectivity index (χ4v) is 4.63. The first kappa shape index (κ1) is 20.8. The van der Waals surface area contributed by atoms with Gasteiger partial charge in [-0.2, -0.15) is 0 Å². The Balaban J connectivity index is 1.51. The second-order valence-electron chi connectivity index (χ2n) is 8.50. The Labute approximate surface area is 187 Å². The minimum absolute atomic E-state index is 0.126. The number of aromatic nitrogens is 2. The summed E-state index contributed by atoms with van der Waals surface area (Å²) in [7, 11) is 0. The lowest BCUT2D eigenvalue weighted by molar-refractivity contribution is 0.122. The van der Waals surface area contributed by atoms with Crippen LogP contribution in [-0.2, 0) is 4.74 Å². The number of nitrogens with zero attached hydrogens (tertiary/aromatic N) is 3. The maximum atomic E-state index is 12.7. The number of ether oxygens (including phenoxy) is 1. The van der Waals surface area contributed by atoms with E-state index in [0.29, 0.717) is 17.0 Å². The van der Waals surface area contributed by atoms with Crippen LogP contribution in [0.3, 0.4) is 0 Å². The highest BCUT2D eigenvalue weighted by Gasteiger charge is 2.20. The van der Waals surface area contributed by atoms with E-state index in [4.69, 9.17) is 14.7 Å². The van der Waals surface area contributed by atoms with Gasteiger partial charge < -0.3 is 19.9 Å². The molecule has 2 N–H and O–H groups in total. The van der Waals surface area contributed by atoms with Crippen molar-refractivity contribution < 1.29 is 4.74 Å². The topological polar surface area (TPSA) is 82.6 Å². The quantitative estimate of drug-likeness (QED) is 0.619. The zero-order valence-corrected chi connectivity index (χ0v) is 18.4. The minimum atomic E-state index is -0.126. The van der Waals surface area contributed by atoms with Gasteiger partial charge in [0.15, 0.2) is 0 Å². The second kappa shape index (κ2) is 9.22. The lowest BCUT2D eigenvalue weighted by atomic mass is 9.92. The lowest BCUT2D eigenvalue weighted by Crippen LogP contribution is -2.36. The molecule has 0 radical (unpaired) electrons. The molecule has 0 amide bonds. The van der Waals surface area contributed by atoms with E-state index in [-0.39, 0.29) is 5.56 Å². The highest BCUT2D eigenvalue weighted by atomic mass is 16.5. The summed E-state index contributed by atoms with van der Waals surface area (Å²) in [6, 6.07) is 12.3. The smallest absolute Gasteiger partial charge is 0.258 e. The van der Waals surface area contributed by atoms with E-state index in [1.165, 1.54) is 5.69 Å². The van der Waals surface area contributed by atoms with Crippen LogP contribution in [0.25, 0.3) is 10.8 Å². The largest absolute Gasteiger partial charge is 0.378 e. The molecular weight excluding hydrogens is 402 g/mol. The van der Waals surface area contributed by atoms with Crippen LogP contribution >= 0.6 is 0 Å². The van der Waals surface area contributed by atoms with E-state index in [9.17, 15) is 4.79 Å². The molecule has 32 heavy (non-hydrogen) atoms. The number of rotatable bonds is 4. The van der Waals surface area contributed by atoms with Gasteiger partial charge in [-0.1, -0.05) is 0 Å². The Bertz CT molecular complexity index is 1170. The Morgan fingerprint density at radius 1 is 1.12 bits per heavy atom. The summed E-state index contributed by atoms with van der Waals surface area (Å²) in [5, 5.41) is 4.94. The van der Waals surface area contributed by atoms with Crippen molar-refractivity contribution >= 4 is 27.9 Å². The molecule has 2 aromatic heterocycles. The van der Waals surface area contributed by atoms with Crippen molar-refractivity contribution in [2.75, 3.05) is 44.3 Å². The fraction of sp³-hybridized carbons (Fsp3) is 0.400. The summed E-state index contributed by atoms with van der Waals surface area (Å²) in [4.78, 5) is 27.6. The number of pyridine rings is 2. The SMILES string of the molecule is CC(=Nc1ccc(N2CCOCC2)cc1)c1nc(C2CCNCC2)cc2cc[nH]c(=O)c12. The third kappa shape index (κ3) is 4.31. The Morgan fingerprint density at radius 3 is 2.62 bits per heavy atom. The highest BCUT2D eigenvalue weighted by molar-refractivity contribution is 6.08. The number of anilines is 1. The predicted molar refractivity (Wildman–Crippen MR) is 129 cm³/mol. The summed E-state index contributed by atoms with van der Waals surface area (Å²) in [5.41, 5.74) is 4.39. The van der Waals surface area contributed by atoms with Gasteiger partial charge in [0.05, 0.1) is 35.7 Å². The number of piperidine rings is 1. The first-order valence-corrected chi connectivity index (χ1v) is 11.4. The van der Waals surface area contributed by atoms with Crippen molar-refractivity contribution in [1.82, 2.24) is 15.3 Å². The van der Waals surface area contributed by atoms with Gasteiger partial charge in [0.2, 0.25) is 0 Å². The molecule has 4 heterocycles. The molecule has 7 nitrogen and oxygen atoms in total. The lowest BCUT2D eigenvalue weighted by Gasteiger charge is -2.28. The summed E-state index contributed by atoms with van der Waals surface area (Å²) in [5.74, 6) is 0.402. The van der Waals surface area contributed by atoms with Crippen LogP contribution in [0.15, 0.2) is 52.4 Å². The van der Waals surface area contributed by atoms with Crippen molar-refractivity contribution in [3.63, 3.8) is 0 Å². The molecule has 0 unspecified atom stereocenters. The molecule has 0 bridgehead atoms. The Kier molecular flexibility index (Phi) is 6.01. The van der Waals surface area contributed by atoms with E-state index in [1.807, 2.05) is 25.1 Å². The summed E-state index contributed by atoms with van der Waals surface area (Å²) in [6.07, 6.45) is 3.82. The molecule has 166 valence electrons. The molecular formula is C25H29N5O2. The van der Waals surface area contributed by atoms with Crippen LogP contribution in [0, 0.1) is 0 Å². The monoisotopic (exact) mass is 431 g/mol. The van der Waals surface area contributed by atoms with Crippen molar-refractivity contribution in [2.24, 2.45) is 4.99 Å². The molecule has 5 rings (SSSR count). The van der Waals surface area contributed by atoms with Gasteiger partial charge in [-0.05, 0) is 74.6 Å². The first-order valence-electron chi connectivity index (χ1n) is 11.4. The molecule has 2 fully saturated rings. The highest BCUT2D eigenvalue weighted by Crippen LogP contribution is 2.28. The number of morpholine rings is 1. The average molecular weight is 432 g/mol. The summed E-state index contributed by atoms with van der Waals surface area (Å²) < 4.78 is 5.44. The molecule has 7 heteroatoms. The number of nitrogens with one attached hydrogen (secondary N) is 2. The maximum Gasteiger partial charge on any atom is 0.258 e. The number of benzene rings is 1. The van der Waals surface area contributed by atoms with Gasteiger partial charge in [-0.25, -0.2) is 0 Å². The first-order chi connectivity index (χ1) is 15.7. The van der Waals surface area contributed by atoms with E-state index in [1.54, 1.807) is 6.20 Å². The average Bonchev–Trinajstić information content (AvgIpc) is 2.85. The van der Waals surface area contributed by atoms with Gasteiger partial charge >= 0.3 is 0 Å². The van der Waals surface area contributed by atoms with Crippen LogP contribution < -0.4 is 15.8 Å². The molecule has 0 aliphatic carbocycles. The van der Waals surface area contributed by atoms with Crippen LogP contribution in [0.2, 0.25) is 0 Å². The van der Waals surface area contributed by atoms with Crippen molar-refractivity contribution in [3.05, 3.63) is 64.3 Å². The zero-order chi connectivity index (χ0) is 21.9. The standard InChI is InChI=1S/C25H29N5O2/c1-17(28-20-2-4-21(5-3-20)30-12-14-32-15-13-30)24-23-19(8-11-27-25(23)31)16-22(29-24)18-6-9-26-10-7-18/h2-5,8,11,16,18,26H,6-7,9-10,12-15H2,1H3,(H,27,31). The zero-order valence-electron chi connectivity index (χ0n) is 18.4. The van der Waals surface area contributed by atoms with Crippen LogP contribution in [0.1, 0.15) is 37.1 Å². The number of aliphatic imine (C=N–C) groups is 1. The molecule has 2 saturated heterocycles. The third-order valence-electron chi connectivity index (χ3n) is 6.40. The molecule has 3 aromatic rings. The minimum Gasteiger partial charge on any atom is -0.378 e. The van der Waals surface area contributed by atoms with Gasteiger partial charge in [0.25, 0.3) is 5.56 Å². The van der Waals surface area contributed by atoms with E-state index in [0.717, 1.165) is 74.7 Å². The third-order valence-corrected chi connectivity index (χ3v) is 6.40. The van der Waals surface area contributed by atoms with Crippen LogP contribution in [0.4, 0.5) is 11.4 Å². The predicted octanol–water partition coefficient (Wildman–Crippen LogP) is 3.37. The van der Waals surface area contributed by atoms with Crippen molar-refractivity contribution in [2.45, 2.75) is 25.7 Å². The van der Waals surface area contributed by atoms with Gasteiger partial charge in [-0.3, -0.25) is 14.8 Å². The van der Waals surface area contributed by atoms with E-state index >= 15 is 0 Å². The number of aromatic amines is 1. The van der Waals surface area contributed by atoms with Crippen molar-refractivity contribution in [3.8, 4) is 0 Å². The molecule has 2 aliphatic heterocycles. The number of hydrogen-bond acceptors (Lipinski definition) is 6. The van der Waals surface area contributed by atoms with E-state index < -0.39 is 0 Å². The van der Waals surface area contributed by atoms with Gasteiger partial charge in [0, 0.05) is 36.6 Å². The van der Waals surface area contributed by atoms with Crippen molar-refractivity contribution in [1.29, 1.82) is 0 Å². The van der Waals surface area contributed by atoms with E-state index in [2.05, 4.69) is 33.4 Å². The number of fused-ring (bicyclic) bond motifs is 1. The van der Waals surface area contributed by atoms with Gasteiger partial charge in [-0.15, -0.1) is 0 Å². The summed E-state index contributed by atoms with van der Waals surface area (Å²) >= 11 is 0. The fourth-order valence-electron chi connectivity index (χ4n) is 4.63. The molecule has 2 aliphatic rings. The second-order valence-corrected chi connectivity index (χ2v) is 8.50. The normalized spacial score (nSPS) is 18.3. The molecule has 0 spiro atoms. The summed E-state index contributed by atoms with van der Waals surface area (Å²) in [6.45, 7) is 7.28. The number of hydrogen-bond donors (Lipinski definition) is 2. The Morgan fingerprint density at radius 2 is 1.88 bits per heavy atom. The molecule has 0 saturated carbocycles. The number of H-pyrrole nitrogens is 1. The van der Waals surface area contributed by atoms with Gasteiger partial charge in [0.1, 0.15) is 0 Å². The maximum absolute atomic E-state index is 12.7.